The molecular formula is C11H16O3. The van der Waals surface area contributed by atoms with Gasteiger partial charge in [0.1, 0.15) is 0 Å². The van der Waals surface area contributed by atoms with Crippen molar-refractivity contribution in [3.63, 3.8) is 0 Å². The lowest BCUT2D eigenvalue weighted by Crippen LogP contribution is -2.22. The van der Waals surface area contributed by atoms with Crippen molar-refractivity contribution in [1.29, 1.82) is 0 Å². The van der Waals surface area contributed by atoms with Crippen LogP contribution in [0.2, 0.25) is 0 Å². The molecule has 0 spiro atoms. The van der Waals surface area contributed by atoms with E-state index in [0.29, 0.717) is 12.7 Å². The first kappa shape index (κ1) is 9.71. The van der Waals surface area contributed by atoms with Crippen LogP contribution in [0.25, 0.3) is 0 Å². The zero-order chi connectivity index (χ0) is 10.0. The maximum absolute atomic E-state index is 10.8. The minimum atomic E-state index is -0.339. The fourth-order valence-corrected chi connectivity index (χ4v) is 2.27. The third-order valence-corrected chi connectivity index (χ3v) is 3.16. The Balaban J connectivity index is 1.71. The number of hydrogen-bond acceptors (Lipinski definition) is 3. The Morgan fingerprint density at radius 2 is 2.50 bits per heavy atom. The maximum atomic E-state index is 10.8. The molecule has 1 aliphatic carbocycles. The fourth-order valence-electron chi connectivity index (χ4n) is 2.27. The fraction of sp³-hybridized carbons (Fsp3) is 0.727. The molecule has 78 valence electrons. The van der Waals surface area contributed by atoms with Crippen LogP contribution in [0, 0.1) is 0 Å². The van der Waals surface area contributed by atoms with Gasteiger partial charge in [-0.15, -0.1) is 0 Å². The molecule has 0 N–H and O–H groups in total. The Bertz CT molecular complexity index is 249. The minimum Gasteiger partial charge on any atom is -0.462 e. The maximum Gasteiger partial charge on any atom is 0.330 e. The number of hydrogen-bond donors (Lipinski definition) is 0. The van der Waals surface area contributed by atoms with Crippen molar-refractivity contribution in [2.45, 2.75) is 43.8 Å². The molecule has 3 nitrogen and oxygen atoms in total. The van der Waals surface area contributed by atoms with Crippen LogP contribution in [0.4, 0.5) is 0 Å². The van der Waals surface area contributed by atoms with Crippen molar-refractivity contribution in [3.05, 3.63) is 12.7 Å². The molecular weight excluding hydrogens is 180 g/mol. The SMILES string of the molecule is C=CC(=O)OCCC12CCCCC1O2. The van der Waals surface area contributed by atoms with Crippen LogP contribution in [-0.4, -0.2) is 24.3 Å². The van der Waals surface area contributed by atoms with Crippen LogP contribution in [-0.2, 0) is 14.3 Å². The monoisotopic (exact) mass is 196 g/mol. The first-order chi connectivity index (χ1) is 6.77. The molecule has 0 amide bonds. The molecule has 0 aromatic rings. The summed E-state index contributed by atoms with van der Waals surface area (Å²) in [5.74, 6) is -0.339. The Labute approximate surface area is 84.1 Å². The summed E-state index contributed by atoms with van der Waals surface area (Å²) < 4.78 is 10.6. The largest absolute Gasteiger partial charge is 0.462 e. The van der Waals surface area contributed by atoms with Crippen molar-refractivity contribution in [1.82, 2.24) is 0 Å². The molecule has 1 aliphatic heterocycles. The third-order valence-electron chi connectivity index (χ3n) is 3.16. The smallest absolute Gasteiger partial charge is 0.330 e. The number of ether oxygens (including phenoxy) is 2. The van der Waals surface area contributed by atoms with Crippen LogP contribution in [0.3, 0.4) is 0 Å². The van der Waals surface area contributed by atoms with Crippen molar-refractivity contribution in [3.8, 4) is 0 Å². The summed E-state index contributed by atoms with van der Waals surface area (Å²) >= 11 is 0. The van der Waals surface area contributed by atoms with E-state index in [2.05, 4.69) is 6.58 Å². The van der Waals surface area contributed by atoms with Crippen LogP contribution in [0.15, 0.2) is 12.7 Å². The highest BCUT2D eigenvalue weighted by atomic mass is 16.6. The minimum absolute atomic E-state index is 0.0691. The van der Waals surface area contributed by atoms with Crippen LogP contribution in [0.1, 0.15) is 32.1 Å². The van der Waals surface area contributed by atoms with Gasteiger partial charge >= 0.3 is 5.97 Å². The first-order valence-electron chi connectivity index (χ1n) is 5.24. The number of epoxide rings is 1. The molecule has 0 aromatic carbocycles. The summed E-state index contributed by atoms with van der Waals surface area (Å²) in [6, 6.07) is 0. The van der Waals surface area contributed by atoms with Gasteiger partial charge in [0.2, 0.25) is 0 Å². The lowest BCUT2D eigenvalue weighted by Gasteiger charge is -2.16. The number of carbonyl (C=O) groups is 1. The van der Waals surface area contributed by atoms with E-state index in [1.807, 2.05) is 0 Å². The van der Waals surface area contributed by atoms with Gasteiger partial charge in [0.05, 0.1) is 18.3 Å². The van der Waals surface area contributed by atoms with E-state index in [9.17, 15) is 4.79 Å². The summed E-state index contributed by atoms with van der Waals surface area (Å²) in [6.45, 7) is 3.81. The predicted molar refractivity (Wildman–Crippen MR) is 51.8 cm³/mol. The summed E-state index contributed by atoms with van der Waals surface area (Å²) in [4.78, 5) is 10.8. The Morgan fingerprint density at radius 1 is 1.64 bits per heavy atom. The highest BCUT2D eigenvalue weighted by Crippen LogP contribution is 2.49. The topological polar surface area (TPSA) is 38.8 Å². The van der Waals surface area contributed by atoms with E-state index < -0.39 is 0 Å². The van der Waals surface area contributed by atoms with E-state index in [4.69, 9.17) is 9.47 Å². The molecule has 14 heavy (non-hydrogen) atoms. The first-order valence-corrected chi connectivity index (χ1v) is 5.24. The van der Waals surface area contributed by atoms with Gasteiger partial charge in [0.25, 0.3) is 0 Å². The van der Waals surface area contributed by atoms with Crippen molar-refractivity contribution >= 4 is 5.97 Å². The number of rotatable bonds is 4. The molecule has 1 saturated heterocycles. The van der Waals surface area contributed by atoms with Crippen LogP contribution in [0.5, 0.6) is 0 Å². The second kappa shape index (κ2) is 3.73. The standard InChI is InChI=1S/C11H16O3/c1-2-10(12)13-8-7-11-6-4-3-5-9(11)14-11/h2,9H,1,3-8H2. The zero-order valence-electron chi connectivity index (χ0n) is 8.33. The molecule has 2 aliphatic rings. The third kappa shape index (κ3) is 1.82. The molecule has 0 bridgehead atoms. The van der Waals surface area contributed by atoms with E-state index in [-0.39, 0.29) is 11.6 Å². The van der Waals surface area contributed by atoms with Gasteiger partial charge in [-0.1, -0.05) is 19.4 Å². The number of fused-ring (bicyclic) bond motifs is 1. The molecule has 2 atom stereocenters. The average molecular weight is 196 g/mol. The van der Waals surface area contributed by atoms with Gasteiger partial charge in [-0.25, -0.2) is 4.79 Å². The number of carbonyl (C=O) groups excluding carboxylic acids is 1. The van der Waals surface area contributed by atoms with Crippen molar-refractivity contribution < 1.29 is 14.3 Å². The highest BCUT2D eigenvalue weighted by Gasteiger charge is 2.56. The van der Waals surface area contributed by atoms with Crippen LogP contribution < -0.4 is 0 Å². The molecule has 1 heterocycles. The summed E-state index contributed by atoms with van der Waals surface area (Å²) in [5, 5.41) is 0. The molecule has 2 rings (SSSR count). The summed E-state index contributed by atoms with van der Waals surface area (Å²) in [7, 11) is 0. The average Bonchev–Trinajstić information content (AvgIpc) is 2.92. The molecule has 3 heteroatoms. The highest BCUT2D eigenvalue weighted by molar-refractivity contribution is 5.81. The molecule has 2 fully saturated rings. The van der Waals surface area contributed by atoms with Gasteiger partial charge in [-0.05, 0) is 12.8 Å². The molecule has 0 radical (unpaired) electrons. The van der Waals surface area contributed by atoms with Gasteiger partial charge in [0, 0.05) is 12.5 Å². The molecule has 0 aromatic heterocycles. The van der Waals surface area contributed by atoms with Gasteiger partial charge < -0.3 is 9.47 Å². The van der Waals surface area contributed by atoms with Crippen LogP contribution >= 0.6 is 0 Å². The normalized spacial score (nSPS) is 34.4. The van der Waals surface area contributed by atoms with E-state index in [1.165, 1.54) is 25.3 Å². The van der Waals surface area contributed by atoms with Gasteiger partial charge in [-0.3, -0.25) is 0 Å². The Hall–Kier alpha value is -0.830. The van der Waals surface area contributed by atoms with Gasteiger partial charge in [-0.2, -0.15) is 0 Å². The molecule has 1 saturated carbocycles. The number of esters is 1. The summed E-state index contributed by atoms with van der Waals surface area (Å²) in [5.41, 5.74) is 0.0691. The van der Waals surface area contributed by atoms with Crippen molar-refractivity contribution in [2.75, 3.05) is 6.61 Å². The van der Waals surface area contributed by atoms with E-state index >= 15 is 0 Å². The van der Waals surface area contributed by atoms with E-state index in [1.54, 1.807) is 0 Å². The second-order valence-corrected chi connectivity index (χ2v) is 4.04. The quantitative estimate of drug-likeness (QED) is 0.391. The Kier molecular flexibility index (Phi) is 2.59. The zero-order valence-corrected chi connectivity index (χ0v) is 8.33. The Morgan fingerprint density at radius 3 is 3.21 bits per heavy atom. The molecule has 2 unspecified atom stereocenters. The lowest BCUT2D eigenvalue weighted by atomic mass is 9.87. The van der Waals surface area contributed by atoms with Crippen molar-refractivity contribution in [2.24, 2.45) is 0 Å². The van der Waals surface area contributed by atoms with Gasteiger partial charge in [0.15, 0.2) is 0 Å². The second-order valence-electron chi connectivity index (χ2n) is 4.04. The predicted octanol–water partition coefficient (Wildman–Crippen LogP) is 1.82. The van der Waals surface area contributed by atoms with E-state index in [0.717, 1.165) is 12.8 Å². The lowest BCUT2D eigenvalue weighted by molar-refractivity contribution is -0.138. The summed E-state index contributed by atoms with van der Waals surface area (Å²) in [6.07, 6.45) is 7.31.